The number of hydrogen-bond acceptors (Lipinski definition) is 0. The molecule has 3 saturated carbocycles. The zero-order chi connectivity index (χ0) is 17.8. The Bertz CT molecular complexity index is 593. The second-order valence-corrected chi connectivity index (χ2v) is 10.3. The van der Waals surface area contributed by atoms with Gasteiger partial charge in [0.25, 0.3) is 0 Å². The van der Waals surface area contributed by atoms with Crippen LogP contribution in [0.2, 0.25) is 0 Å². The second-order valence-electron chi connectivity index (χ2n) is 7.88. The standard InChI is InChI=1S/C18H25F5S/c1-2-3-8-17-9-12-18(13-10-17,14-11-17)15-4-6-16(7-5-15)24(19,20,21,22)23/h4-7H,2-3,8-14H2,1H3. The molecule has 1 aromatic rings. The molecule has 0 aromatic heterocycles. The minimum atomic E-state index is -9.57. The van der Waals surface area contributed by atoms with Gasteiger partial charge in [0.1, 0.15) is 4.90 Å². The van der Waals surface area contributed by atoms with E-state index in [1.54, 1.807) is 0 Å². The van der Waals surface area contributed by atoms with Crippen molar-refractivity contribution in [3.8, 4) is 0 Å². The molecule has 0 spiro atoms. The van der Waals surface area contributed by atoms with Crippen LogP contribution in [0, 0.1) is 5.41 Å². The van der Waals surface area contributed by atoms with Crippen molar-refractivity contribution in [2.24, 2.45) is 5.41 Å². The number of hydrogen-bond donors (Lipinski definition) is 0. The van der Waals surface area contributed by atoms with Gasteiger partial charge in [0, 0.05) is 0 Å². The van der Waals surface area contributed by atoms with E-state index >= 15 is 0 Å². The van der Waals surface area contributed by atoms with Crippen LogP contribution in [0.15, 0.2) is 29.2 Å². The summed E-state index contributed by atoms with van der Waals surface area (Å²) >= 11 is 0. The van der Waals surface area contributed by atoms with Crippen molar-refractivity contribution in [1.82, 2.24) is 0 Å². The Morgan fingerprint density at radius 3 is 1.75 bits per heavy atom. The molecule has 0 heterocycles. The normalized spacial score (nSPS) is 33.1. The summed E-state index contributed by atoms with van der Waals surface area (Å²) in [6.45, 7) is 2.19. The summed E-state index contributed by atoms with van der Waals surface area (Å²) in [5.41, 5.74) is 1.11. The zero-order valence-electron chi connectivity index (χ0n) is 14.0. The van der Waals surface area contributed by atoms with Gasteiger partial charge in [-0.2, -0.15) is 0 Å². The highest BCUT2D eigenvalue weighted by Crippen LogP contribution is 3.02. The van der Waals surface area contributed by atoms with Crippen molar-refractivity contribution in [2.45, 2.75) is 75.0 Å². The van der Waals surface area contributed by atoms with Crippen LogP contribution in [0.1, 0.15) is 70.3 Å². The summed E-state index contributed by atoms with van der Waals surface area (Å²) in [6, 6.07) is 3.74. The maximum absolute atomic E-state index is 12.9. The van der Waals surface area contributed by atoms with Crippen LogP contribution >= 0.6 is 10.2 Å². The van der Waals surface area contributed by atoms with Gasteiger partial charge in [-0.05, 0) is 73.5 Å². The predicted molar refractivity (Wildman–Crippen MR) is 89.2 cm³/mol. The molecule has 1 aromatic carbocycles. The molecule has 0 saturated heterocycles. The largest absolute Gasteiger partial charge is 0.310 e. The maximum Gasteiger partial charge on any atom is 0.310 e. The molecular formula is C18H25F5S. The molecule has 2 bridgehead atoms. The molecule has 0 unspecified atom stereocenters. The van der Waals surface area contributed by atoms with E-state index in [0.29, 0.717) is 17.5 Å². The summed E-state index contributed by atoms with van der Waals surface area (Å²) in [7, 11) is -9.57. The van der Waals surface area contributed by atoms with Gasteiger partial charge in [0.15, 0.2) is 0 Å². The van der Waals surface area contributed by atoms with Gasteiger partial charge < -0.3 is 0 Å². The first-order valence-corrected chi connectivity index (χ1v) is 10.7. The lowest BCUT2D eigenvalue weighted by Crippen LogP contribution is -2.44. The fraction of sp³-hybridized carbons (Fsp3) is 0.667. The van der Waals surface area contributed by atoms with Crippen molar-refractivity contribution in [3.63, 3.8) is 0 Å². The summed E-state index contributed by atoms with van der Waals surface area (Å²) < 4.78 is 64.4. The third-order valence-electron chi connectivity index (χ3n) is 6.37. The van der Waals surface area contributed by atoms with E-state index in [1.165, 1.54) is 31.4 Å². The summed E-state index contributed by atoms with van der Waals surface area (Å²) in [5, 5.41) is 0. The summed E-state index contributed by atoms with van der Waals surface area (Å²) in [6.07, 6.45) is 9.87. The van der Waals surface area contributed by atoms with Crippen LogP contribution < -0.4 is 0 Å². The van der Waals surface area contributed by atoms with E-state index in [9.17, 15) is 19.4 Å². The van der Waals surface area contributed by atoms with Crippen LogP contribution in [0.4, 0.5) is 19.4 Å². The fourth-order valence-corrected chi connectivity index (χ4v) is 5.34. The van der Waals surface area contributed by atoms with Gasteiger partial charge in [0.2, 0.25) is 0 Å². The number of unbranched alkanes of at least 4 members (excludes halogenated alkanes) is 1. The van der Waals surface area contributed by atoms with Crippen molar-refractivity contribution < 1.29 is 19.4 Å². The Kier molecular flexibility index (Phi) is 3.67. The molecule has 4 rings (SSSR count). The molecule has 0 amide bonds. The minimum absolute atomic E-state index is 0.107. The Hall–Kier alpha value is -0.780. The highest BCUT2D eigenvalue weighted by atomic mass is 32.5. The van der Waals surface area contributed by atoms with E-state index < -0.39 is 15.1 Å². The van der Waals surface area contributed by atoms with Crippen LogP contribution in [-0.2, 0) is 5.41 Å². The first-order valence-electron chi connectivity index (χ1n) is 8.73. The summed E-state index contributed by atoms with van der Waals surface area (Å²) in [4.78, 5) is -1.78. The maximum atomic E-state index is 12.9. The molecular weight excluding hydrogens is 343 g/mol. The Morgan fingerprint density at radius 2 is 1.33 bits per heavy atom. The number of benzene rings is 1. The molecule has 3 aliphatic carbocycles. The van der Waals surface area contributed by atoms with Crippen molar-refractivity contribution in [1.29, 1.82) is 0 Å². The Balaban J connectivity index is 1.80. The van der Waals surface area contributed by atoms with Crippen LogP contribution in [0.5, 0.6) is 0 Å². The quantitative estimate of drug-likeness (QED) is 0.460. The second kappa shape index (κ2) is 4.89. The zero-order valence-corrected chi connectivity index (χ0v) is 14.8. The molecule has 138 valence electrons. The third-order valence-corrected chi connectivity index (χ3v) is 7.54. The lowest BCUT2D eigenvalue weighted by molar-refractivity contribution is 0.0308. The van der Waals surface area contributed by atoms with Gasteiger partial charge >= 0.3 is 10.2 Å². The summed E-state index contributed by atoms with van der Waals surface area (Å²) in [5.74, 6) is 0. The average molecular weight is 368 g/mol. The Labute approximate surface area is 140 Å². The van der Waals surface area contributed by atoms with E-state index in [1.807, 2.05) is 0 Å². The SMILES string of the molecule is CCCCC12CCC(c3ccc(S(F)(F)(F)(F)F)cc3)(CC1)CC2. The van der Waals surface area contributed by atoms with Crippen LogP contribution in [-0.4, -0.2) is 0 Å². The van der Waals surface area contributed by atoms with E-state index in [2.05, 4.69) is 6.92 Å². The molecule has 0 atom stereocenters. The van der Waals surface area contributed by atoms with Gasteiger partial charge in [-0.25, -0.2) is 0 Å². The molecule has 3 fully saturated rings. The first kappa shape index (κ1) is 18.0. The van der Waals surface area contributed by atoms with Crippen molar-refractivity contribution in [3.05, 3.63) is 29.8 Å². The number of rotatable bonds is 5. The lowest BCUT2D eigenvalue weighted by Gasteiger charge is -2.54. The monoisotopic (exact) mass is 368 g/mol. The molecule has 0 N–H and O–H groups in total. The van der Waals surface area contributed by atoms with Crippen molar-refractivity contribution in [2.75, 3.05) is 0 Å². The smallest absolute Gasteiger partial charge is 0.0936 e. The van der Waals surface area contributed by atoms with Crippen molar-refractivity contribution >= 4 is 10.2 Å². The highest BCUT2D eigenvalue weighted by molar-refractivity contribution is 8.45. The van der Waals surface area contributed by atoms with Gasteiger partial charge in [-0.1, -0.05) is 51.3 Å². The third kappa shape index (κ3) is 3.31. The Morgan fingerprint density at radius 1 is 0.833 bits per heavy atom. The van der Waals surface area contributed by atoms with Crippen LogP contribution in [0.25, 0.3) is 0 Å². The van der Waals surface area contributed by atoms with Gasteiger partial charge in [0.05, 0.1) is 0 Å². The van der Waals surface area contributed by atoms with E-state index in [4.69, 9.17) is 0 Å². The number of halogens is 5. The fourth-order valence-electron chi connectivity index (χ4n) is 4.69. The molecule has 24 heavy (non-hydrogen) atoms. The van der Waals surface area contributed by atoms with Crippen LogP contribution in [0.3, 0.4) is 0 Å². The highest BCUT2D eigenvalue weighted by Gasteiger charge is 2.65. The van der Waals surface area contributed by atoms with Gasteiger partial charge in [-0.3, -0.25) is 0 Å². The molecule has 0 aliphatic heterocycles. The van der Waals surface area contributed by atoms with Gasteiger partial charge in [-0.15, -0.1) is 0 Å². The number of fused-ring (bicyclic) bond motifs is 3. The molecule has 6 heteroatoms. The average Bonchev–Trinajstić information content (AvgIpc) is 2.53. The molecule has 0 nitrogen and oxygen atoms in total. The molecule has 0 radical (unpaired) electrons. The minimum Gasteiger partial charge on any atom is -0.0936 e. The molecule has 3 aliphatic rings. The topological polar surface area (TPSA) is 0 Å². The first-order chi connectivity index (χ1) is 10.9. The van der Waals surface area contributed by atoms with E-state index in [0.717, 1.165) is 44.1 Å². The van der Waals surface area contributed by atoms with E-state index in [-0.39, 0.29) is 5.41 Å². The predicted octanol–water partition coefficient (Wildman–Crippen LogP) is 8.13. The lowest BCUT2D eigenvalue weighted by atomic mass is 9.51.